The molecule has 0 aromatic heterocycles. The zero-order valence-electron chi connectivity index (χ0n) is 11.5. The molecule has 1 amide bonds. The van der Waals surface area contributed by atoms with Gasteiger partial charge in [0, 0.05) is 6.54 Å². The second-order valence-electron chi connectivity index (χ2n) is 4.93. The van der Waals surface area contributed by atoms with Gasteiger partial charge in [-0.2, -0.15) is 0 Å². The Morgan fingerprint density at radius 2 is 2.19 bits per heavy atom. The van der Waals surface area contributed by atoms with Crippen LogP contribution in [0.5, 0.6) is 0 Å². The summed E-state index contributed by atoms with van der Waals surface area (Å²) in [6, 6.07) is 5.38. The SMILES string of the molecule is NC(=O)COCC1(c2ccc(Cl)c(Cl)c2)CCNCCO1. The van der Waals surface area contributed by atoms with E-state index in [0.717, 1.165) is 18.7 Å². The van der Waals surface area contributed by atoms with Crippen LogP contribution in [0.4, 0.5) is 0 Å². The summed E-state index contributed by atoms with van der Waals surface area (Å²) in [6.45, 7) is 2.18. The van der Waals surface area contributed by atoms with Crippen LogP contribution in [0.15, 0.2) is 18.2 Å². The van der Waals surface area contributed by atoms with Gasteiger partial charge in [-0.25, -0.2) is 0 Å². The Kier molecular flexibility index (Phi) is 5.84. The van der Waals surface area contributed by atoms with E-state index in [9.17, 15) is 4.79 Å². The third-order valence-electron chi connectivity index (χ3n) is 3.39. The number of hydrogen-bond donors (Lipinski definition) is 2. The fourth-order valence-corrected chi connectivity index (χ4v) is 2.62. The molecule has 0 radical (unpaired) electrons. The normalized spacial score (nSPS) is 22.8. The lowest BCUT2D eigenvalue weighted by Gasteiger charge is -2.33. The fraction of sp³-hybridized carbons (Fsp3) is 0.500. The van der Waals surface area contributed by atoms with Crippen LogP contribution < -0.4 is 11.1 Å². The fourth-order valence-electron chi connectivity index (χ4n) is 2.33. The first-order chi connectivity index (χ1) is 10.0. The smallest absolute Gasteiger partial charge is 0.243 e. The summed E-state index contributed by atoms with van der Waals surface area (Å²) in [5.74, 6) is -0.508. The van der Waals surface area contributed by atoms with Gasteiger partial charge in [-0.05, 0) is 30.7 Å². The number of benzene rings is 1. The van der Waals surface area contributed by atoms with Gasteiger partial charge in [-0.1, -0.05) is 29.3 Å². The van der Waals surface area contributed by atoms with E-state index in [2.05, 4.69) is 5.32 Å². The summed E-state index contributed by atoms with van der Waals surface area (Å²) in [5, 5.41) is 4.21. The molecule has 0 spiro atoms. The molecular weight excluding hydrogens is 315 g/mol. The van der Waals surface area contributed by atoms with Crippen molar-refractivity contribution in [3.8, 4) is 0 Å². The molecule has 7 heteroatoms. The molecule has 1 unspecified atom stereocenters. The van der Waals surface area contributed by atoms with Crippen LogP contribution in [-0.4, -0.2) is 38.8 Å². The van der Waals surface area contributed by atoms with Gasteiger partial charge in [0.05, 0.1) is 23.3 Å². The third kappa shape index (κ3) is 4.31. The molecular formula is C14H18Cl2N2O3. The summed E-state index contributed by atoms with van der Waals surface area (Å²) in [7, 11) is 0. The summed E-state index contributed by atoms with van der Waals surface area (Å²) >= 11 is 12.1. The molecule has 1 heterocycles. The van der Waals surface area contributed by atoms with E-state index in [1.165, 1.54) is 0 Å². The van der Waals surface area contributed by atoms with Crippen molar-refractivity contribution in [2.75, 3.05) is 32.9 Å². The summed E-state index contributed by atoms with van der Waals surface area (Å²) in [5.41, 5.74) is 5.33. The Bertz CT molecular complexity index is 503. The van der Waals surface area contributed by atoms with E-state index >= 15 is 0 Å². The van der Waals surface area contributed by atoms with E-state index in [1.54, 1.807) is 12.1 Å². The quantitative estimate of drug-likeness (QED) is 0.860. The lowest BCUT2D eigenvalue weighted by atomic mass is 9.91. The van der Waals surface area contributed by atoms with Crippen molar-refractivity contribution >= 4 is 29.1 Å². The molecule has 21 heavy (non-hydrogen) atoms. The van der Waals surface area contributed by atoms with Crippen LogP contribution >= 0.6 is 23.2 Å². The highest BCUT2D eigenvalue weighted by Crippen LogP contribution is 2.34. The summed E-state index contributed by atoms with van der Waals surface area (Å²) in [6.07, 6.45) is 0.698. The van der Waals surface area contributed by atoms with E-state index in [-0.39, 0.29) is 13.2 Å². The maximum Gasteiger partial charge on any atom is 0.243 e. The Hall–Kier alpha value is -0.850. The van der Waals surface area contributed by atoms with Crippen molar-refractivity contribution in [2.45, 2.75) is 12.0 Å². The second-order valence-corrected chi connectivity index (χ2v) is 5.75. The molecule has 1 aromatic rings. The molecule has 0 aliphatic carbocycles. The second kappa shape index (κ2) is 7.42. The number of carbonyl (C=O) groups is 1. The molecule has 1 atom stereocenters. The molecule has 1 aliphatic rings. The van der Waals surface area contributed by atoms with Crippen LogP contribution in [0.2, 0.25) is 10.0 Å². The molecule has 0 bridgehead atoms. The number of primary amides is 1. The van der Waals surface area contributed by atoms with Crippen molar-refractivity contribution in [3.05, 3.63) is 33.8 Å². The van der Waals surface area contributed by atoms with E-state index in [0.29, 0.717) is 23.1 Å². The molecule has 5 nitrogen and oxygen atoms in total. The number of carbonyl (C=O) groups excluding carboxylic acids is 1. The average molecular weight is 333 g/mol. The van der Waals surface area contributed by atoms with Gasteiger partial charge in [0.15, 0.2) is 0 Å². The minimum Gasteiger partial charge on any atom is -0.368 e. The van der Waals surface area contributed by atoms with E-state index in [1.807, 2.05) is 6.07 Å². The predicted molar refractivity (Wildman–Crippen MR) is 81.6 cm³/mol. The first kappa shape index (κ1) is 16.5. The number of nitrogens with two attached hydrogens (primary N) is 1. The highest BCUT2D eigenvalue weighted by atomic mass is 35.5. The Morgan fingerprint density at radius 3 is 2.90 bits per heavy atom. The van der Waals surface area contributed by atoms with Gasteiger partial charge in [-0.15, -0.1) is 0 Å². The molecule has 1 saturated heterocycles. The summed E-state index contributed by atoms with van der Waals surface area (Å²) < 4.78 is 11.4. The number of halogens is 2. The van der Waals surface area contributed by atoms with Gasteiger partial charge < -0.3 is 20.5 Å². The monoisotopic (exact) mass is 332 g/mol. The molecule has 1 aromatic carbocycles. The molecule has 116 valence electrons. The van der Waals surface area contributed by atoms with Crippen LogP contribution in [0, 0.1) is 0 Å². The maximum atomic E-state index is 10.9. The van der Waals surface area contributed by atoms with Crippen molar-refractivity contribution in [1.82, 2.24) is 5.32 Å². The minimum absolute atomic E-state index is 0.139. The van der Waals surface area contributed by atoms with Gasteiger partial charge in [0.25, 0.3) is 0 Å². The lowest BCUT2D eigenvalue weighted by Crippen LogP contribution is -2.37. The Morgan fingerprint density at radius 1 is 1.38 bits per heavy atom. The summed E-state index contributed by atoms with van der Waals surface area (Å²) in [4.78, 5) is 10.9. The maximum absolute atomic E-state index is 10.9. The molecule has 2 rings (SSSR count). The van der Waals surface area contributed by atoms with Gasteiger partial charge >= 0.3 is 0 Å². The lowest BCUT2D eigenvalue weighted by molar-refractivity contribution is -0.130. The Labute approximate surface area is 133 Å². The molecule has 0 saturated carbocycles. The predicted octanol–water partition coefficient (Wildman–Crippen LogP) is 1.70. The van der Waals surface area contributed by atoms with E-state index < -0.39 is 11.5 Å². The largest absolute Gasteiger partial charge is 0.368 e. The highest BCUT2D eigenvalue weighted by molar-refractivity contribution is 6.42. The number of rotatable bonds is 5. The van der Waals surface area contributed by atoms with Crippen LogP contribution in [-0.2, 0) is 19.9 Å². The number of amides is 1. The molecule has 1 aliphatic heterocycles. The molecule has 1 fully saturated rings. The van der Waals surface area contributed by atoms with Crippen molar-refractivity contribution in [2.24, 2.45) is 5.73 Å². The minimum atomic E-state index is -0.660. The van der Waals surface area contributed by atoms with Gasteiger partial charge in [-0.3, -0.25) is 4.79 Å². The zero-order valence-corrected chi connectivity index (χ0v) is 13.0. The van der Waals surface area contributed by atoms with E-state index in [4.69, 9.17) is 38.4 Å². The highest BCUT2D eigenvalue weighted by Gasteiger charge is 2.35. The third-order valence-corrected chi connectivity index (χ3v) is 4.13. The topological polar surface area (TPSA) is 73.6 Å². The van der Waals surface area contributed by atoms with Crippen molar-refractivity contribution in [3.63, 3.8) is 0 Å². The van der Waals surface area contributed by atoms with Crippen LogP contribution in [0.25, 0.3) is 0 Å². The van der Waals surface area contributed by atoms with Crippen molar-refractivity contribution in [1.29, 1.82) is 0 Å². The van der Waals surface area contributed by atoms with Crippen LogP contribution in [0.3, 0.4) is 0 Å². The standard InChI is InChI=1S/C14H18Cl2N2O3/c15-11-2-1-10(7-12(11)16)14(9-20-8-13(17)19)3-4-18-5-6-21-14/h1-2,7,18H,3-6,8-9H2,(H2,17,19). The first-order valence-electron chi connectivity index (χ1n) is 6.70. The molecule has 3 N–H and O–H groups in total. The number of ether oxygens (including phenoxy) is 2. The average Bonchev–Trinajstić information content (AvgIpc) is 2.68. The van der Waals surface area contributed by atoms with Crippen molar-refractivity contribution < 1.29 is 14.3 Å². The zero-order chi connectivity index (χ0) is 15.3. The number of hydrogen-bond acceptors (Lipinski definition) is 4. The van der Waals surface area contributed by atoms with Crippen LogP contribution in [0.1, 0.15) is 12.0 Å². The van der Waals surface area contributed by atoms with Gasteiger partial charge in [0.1, 0.15) is 12.2 Å². The number of nitrogens with one attached hydrogen (secondary N) is 1. The Balaban J connectivity index is 2.24. The van der Waals surface area contributed by atoms with Gasteiger partial charge in [0.2, 0.25) is 5.91 Å². The first-order valence-corrected chi connectivity index (χ1v) is 7.45.